The summed E-state index contributed by atoms with van der Waals surface area (Å²) < 4.78 is 5.57. The Hall–Kier alpha value is -3.00. The molecule has 1 aliphatic heterocycles. The Bertz CT molecular complexity index is 1050. The van der Waals surface area contributed by atoms with Gasteiger partial charge in [0, 0.05) is 24.6 Å². The van der Waals surface area contributed by atoms with Gasteiger partial charge in [-0.2, -0.15) is 0 Å². The minimum Gasteiger partial charge on any atom is -0.480 e. The number of carbonyl (C=O) groups excluding carboxylic acids is 2. The Labute approximate surface area is 210 Å². The van der Waals surface area contributed by atoms with E-state index in [1.165, 1.54) is 38.9 Å². The van der Waals surface area contributed by atoms with E-state index in [9.17, 15) is 19.5 Å². The molecule has 2 amide bonds. The number of alkyl carbamates (subject to hydrolysis) is 1. The van der Waals surface area contributed by atoms with Gasteiger partial charge >= 0.3 is 12.1 Å². The number of thioether (sulfide) groups is 1. The molecular weight excluding hydrogens is 464 g/mol. The number of carboxylic acids is 1. The summed E-state index contributed by atoms with van der Waals surface area (Å²) in [5.74, 6) is -0.597. The number of aliphatic carboxylic acids is 1. The number of nitrogens with zero attached hydrogens (tertiary/aromatic N) is 1. The molecule has 1 heterocycles. The van der Waals surface area contributed by atoms with Crippen LogP contribution < -0.4 is 5.32 Å². The molecule has 2 aliphatic rings. The number of hydrogen-bond acceptors (Lipinski definition) is 5. The van der Waals surface area contributed by atoms with E-state index in [0.717, 1.165) is 6.42 Å². The lowest BCUT2D eigenvalue weighted by molar-refractivity contribution is -0.149. The molecule has 2 N–H and O–H groups in total. The zero-order valence-corrected chi connectivity index (χ0v) is 20.9. The van der Waals surface area contributed by atoms with Crippen molar-refractivity contribution in [2.24, 2.45) is 5.92 Å². The monoisotopic (exact) mass is 496 g/mol. The lowest BCUT2D eigenvalue weighted by Crippen LogP contribution is -2.45. The van der Waals surface area contributed by atoms with Crippen molar-refractivity contribution < 1.29 is 24.2 Å². The fourth-order valence-electron chi connectivity index (χ4n) is 4.91. The number of nitrogens with one attached hydrogen (secondary N) is 1. The van der Waals surface area contributed by atoms with Crippen LogP contribution in [0, 0.1) is 5.92 Å². The van der Waals surface area contributed by atoms with Crippen LogP contribution in [-0.4, -0.2) is 58.3 Å². The molecule has 4 rings (SSSR count). The molecule has 7 nitrogen and oxygen atoms in total. The van der Waals surface area contributed by atoms with E-state index in [1.54, 1.807) is 0 Å². The van der Waals surface area contributed by atoms with Gasteiger partial charge < -0.3 is 20.1 Å². The van der Waals surface area contributed by atoms with Gasteiger partial charge in [-0.25, -0.2) is 9.59 Å². The largest absolute Gasteiger partial charge is 0.480 e. The lowest BCUT2D eigenvalue weighted by atomic mass is 9.98. The number of carboxylic acid groups (broad SMARTS) is 1. The molecule has 2 aromatic rings. The van der Waals surface area contributed by atoms with E-state index in [0.29, 0.717) is 18.7 Å². The first kappa shape index (κ1) is 25.1. The van der Waals surface area contributed by atoms with Crippen LogP contribution >= 0.6 is 11.8 Å². The molecule has 1 fully saturated rings. The first-order valence-corrected chi connectivity index (χ1v) is 13.2. The smallest absolute Gasteiger partial charge is 0.407 e. The van der Waals surface area contributed by atoms with Gasteiger partial charge in [0.15, 0.2) is 0 Å². The van der Waals surface area contributed by atoms with Crippen LogP contribution in [0.4, 0.5) is 4.79 Å². The predicted octanol–water partition coefficient (Wildman–Crippen LogP) is 4.71. The molecule has 8 heteroatoms. The average molecular weight is 497 g/mol. The van der Waals surface area contributed by atoms with Crippen molar-refractivity contribution in [1.29, 1.82) is 0 Å². The lowest BCUT2D eigenvalue weighted by Gasteiger charge is -2.27. The average Bonchev–Trinajstić information content (AvgIpc) is 3.44. The fraction of sp³-hybridized carbons (Fsp3) is 0.444. The first-order chi connectivity index (χ1) is 16.9. The number of fused-ring (bicyclic) bond motifs is 3. The number of rotatable bonds is 9. The molecule has 3 unspecified atom stereocenters. The van der Waals surface area contributed by atoms with Crippen LogP contribution in [-0.2, 0) is 14.3 Å². The second-order valence-electron chi connectivity index (χ2n) is 9.20. The van der Waals surface area contributed by atoms with Crippen molar-refractivity contribution in [3.8, 4) is 11.1 Å². The molecule has 186 valence electrons. The van der Waals surface area contributed by atoms with Crippen molar-refractivity contribution in [2.45, 2.75) is 50.4 Å². The van der Waals surface area contributed by atoms with Crippen molar-refractivity contribution in [3.63, 3.8) is 0 Å². The Morgan fingerprint density at radius 2 is 1.74 bits per heavy atom. The standard InChI is InChI=1S/C27H32N2O5S/c1-3-25-29(23(16-35-25)26(31)32)24(30)13-12-17(2)14-28-27(33)34-15-22-20-10-6-4-8-18(20)19-9-5-7-11-21(19)22/h4-11,17,22-23,25H,3,12-16H2,1-2H3,(H,28,33)(H,31,32). The van der Waals surface area contributed by atoms with E-state index in [1.807, 2.05) is 38.1 Å². The minimum absolute atomic E-state index is 0.00946. The SMILES string of the molecule is CCC1SCC(C(=O)O)N1C(=O)CCC(C)CNC(=O)OCC1c2ccccc2-c2ccccc21. The number of ether oxygens (including phenoxy) is 1. The Morgan fingerprint density at radius 1 is 1.11 bits per heavy atom. The maximum atomic E-state index is 12.8. The highest BCUT2D eigenvalue weighted by atomic mass is 32.2. The van der Waals surface area contributed by atoms with E-state index >= 15 is 0 Å². The highest BCUT2D eigenvalue weighted by Crippen LogP contribution is 2.44. The van der Waals surface area contributed by atoms with Crippen molar-refractivity contribution in [2.75, 3.05) is 18.9 Å². The van der Waals surface area contributed by atoms with Gasteiger partial charge in [0.1, 0.15) is 12.6 Å². The van der Waals surface area contributed by atoms with Gasteiger partial charge in [-0.15, -0.1) is 11.8 Å². The van der Waals surface area contributed by atoms with E-state index < -0.39 is 18.1 Å². The van der Waals surface area contributed by atoms with Gasteiger partial charge in [0.2, 0.25) is 5.91 Å². The van der Waals surface area contributed by atoms with Crippen LogP contribution in [0.2, 0.25) is 0 Å². The van der Waals surface area contributed by atoms with E-state index in [4.69, 9.17) is 4.74 Å². The normalized spacial score (nSPS) is 19.7. The fourth-order valence-corrected chi connectivity index (χ4v) is 6.28. The van der Waals surface area contributed by atoms with E-state index in [-0.39, 0.29) is 36.1 Å². The highest BCUT2D eigenvalue weighted by Gasteiger charge is 2.40. The van der Waals surface area contributed by atoms with Crippen LogP contribution in [0.3, 0.4) is 0 Å². The van der Waals surface area contributed by atoms with Crippen molar-refractivity contribution in [1.82, 2.24) is 10.2 Å². The zero-order valence-electron chi connectivity index (χ0n) is 20.1. The number of amides is 2. The molecule has 0 radical (unpaired) electrons. The van der Waals surface area contributed by atoms with Gasteiger partial charge in [0.25, 0.3) is 0 Å². The Morgan fingerprint density at radius 3 is 2.34 bits per heavy atom. The summed E-state index contributed by atoms with van der Waals surface area (Å²) in [6.45, 7) is 4.57. The summed E-state index contributed by atoms with van der Waals surface area (Å²) in [4.78, 5) is 38.2. The molecule has 0 spiro atoms. The van der Waals surface area contributed by atoms with Crippen LogP contribution in [0.15, 0.2) is 48.5 Å². The van der Waals surface area contributed by atoms with Crippen molar-refractivity contribution in [3.05, 3.63) is 59.7 Å². The van der Waals surface area contributed by atoms with Gasteiger partial charge in [-0.3, -0.25) is 4.79 Å². The number of benzene rings is 2. The number of carbonyl (C=O) groups is 3. The van der Waals surface area contributed by atoms with Gasteiger partial charge in [-0.1, -0.05) is 62.4 Å². The summed E-state index contributed by atoms with van der Waals surface area (Å²) in [6, 6.07) is 15.6. The topological polar surface area (TPSA) is 95.9 Å². The van der Waals surface area contributed by atoms with Gasteiger partial charge in [-0.05, 0) is 41.0 Å². The third kappa shape index (κ3) is 5.48. The molecule has 0 saturated carbocycles. The quantitative estimate of drug-likeness (QED) is 0.522. The third-order valence-corrected chi connectivity index (χ3v) is 8.26. The summed E-state index contributed by atoms with van der Waals surface area (Å²) >= 11 is 1.52. The van der Waals surface area contributed by atoms with Crippen molar-refractivity contribution >= 4 is 29.7 Å². The van der Waals surface area contributed by atoms with Gasteiger partial charge in [0.05, 0.1) is 5.37 Å². The minimum atomic E-state index is -0.952. The molecule has 0 bridgehead atoms. The van der Waals surface area contributed by atoms with Crippen LogP contribution in [0.25, 0.3) is 11.1 Å². The van der Waals surface area contributed by atoms with Crippen LogP contribution in [0.1, 0.15) is 50.2 Å². The Kier molecular flexibility index (Phi) is 8.00. The molecule has 1 saturated heterocycles. The summed E-state index contributed by atoms with van der Waals surface area (Å²) in [6.07, 6.45) is 1.07. The molecule has 3 atom stereocenters. The molecule has 35 heavy (non-hydrogen) atoms. The Balaban J connectivity index is 1.24. The molecule has 0 aromatic heterocycles. The zero-order chi connectivity index (χ0) is 24.9. The second-order valence-corrected chi connectivity index (χ2v) is 10.4. The predicted molar refractivity (Wildman–Crippen MR) is 136 cm³/mol. The maximum absolute atomic E-state index is 12.8. The third-order valence-electron chi connectivity index (χ3n) is 6.80. The molecule has 1 aliphatic carbocycles. The summed E-state index contributed by atoms with van der Waals surface area (Å²) in [5, 5.41) is 12.2. The molecular formula is C27H32N2O5S. The maximum Gasteiger partial charge on any atom is 0.407 e. The summed E-state index contributed by atoms with van der Waals surface area (Å²) in [7, 11) is 0. The van der Waals surface area contributed by atoms with Crippen LogP contribution in [0.5, 0.6) is 0 Å². The first-order valence-electron chi connectivity index (χ1n) is 12.1. The highest BCUT2D eigenvalue weighted by molar-refractivity contribution is 8.00. The van der Waals surface area contributed by atoms with E-state index in [2.05, 4.69) is 29.6 Å². The second kappa shape index (κ2) is 11.2. The number of hydrogen-bond donors (Lipinski definition) is 2. The molecule has 2 aromatic carbocycles. The summed E-state index contributed by atoms with van der Waals surface area (Å²) in [5.41, 5.74) is 4.70.